The van der Waals surface area contributed by atoms with Crippen LogP contribution in [0.5, 0.6) is 5.75 Å². The van der Waals surface area contributed by atoms with Gasteiger partial charge in [0.2, 0.25) is 0 Å². The molecule has 0 aromatic heterocycles. The lowest BCUT2D eigenvalue weighted by Crippen LogP contribution is -2.26. The number of phenols is 1. The van der Waals surface area contributed by atoms with Crippen molar-refractivity contribution in [3.63, 3.8) is 0 Å². The van der Waals surface area contributed by atoms with Crippen molar-refractivity contribution < 1.29 is 5.11 Å². The van der Waals surface area contributed by atoms with Crippen molar-refractivity contribution in [1.29, 1.82) is 0 Å². The van der Waals surface area contributed by atoms with Crippen molar-refractivity contribution in [2.24, 2.45) is 11.1 Å². The summed E-state index contributed by atoms with van der Waals surface area (Å²) in [5, 5.41) is 9.79. The number of nitrogens with two attached hydrogens (primary N) is 1. The maximum atomic E-state index is 9.79. The van der Waals surface area contributed by atoms with Crippen molar-refractivity contribution in [2.75, 3.05) is 0 Å². The fraction of sp³-hybridized carbons (Fsp3) is 0.455. The predicted molar refractivity (Wildman–Crippen MR) is 60.1 cm³/mol. The molecule has 3 N–H and O–H groups in total. The molecular weight excluding hydrogens is 242 g/mol. The zero-order valence-corrected chi connectivity index (χ0v) is 9.93. The molecule has 1 aromatic rings. The van der Waals surface area contributed by atoms with Crippen molar-refractivity contribution >= 4 is 15.9 Å². The molecule has 0 spiro atoms. The SMILES string of the molecule is CC1(C)CC1(N)c1c(O)cccc1Br. The monoisotopic (exact) mass is 255 g/mol. The largest absolute Gasteiger partial charge is 0.508 e. The lowest BCUT2D eigenvalue weighted by Gasteiger charge is -2.18. The molecule has 0 radical (unpaired) electrons. The van der Waals surface area contributed by atoms with Crippen LogP contribution < -0.4 is 5.73 Å². The van der Waals surface area contributed by atoms with E-state index in [1.807, 2.05) is 12.1 Å². The van der Waals surface area contributed by atoms with Crippen LogP contribution >= 0.6 is 15.9 Å². The smallest absolute Gasteiger partial charge is 0.121 e. The van der Waals surface area contributed by atoms with Crippen LogP contribution in [0.2, 0.25) is 0 Å². The Morgan fingerprint density at radius 3 is 2.43 bits per heavy atom. The van der Waals surface area contributed by atoms with Gasteiger partial charge in [0.05, 0.1) is 5.54 Å². The molecule has 0 amide bonds. The van der Waals surface area contributed by atoms with Gasteiger partial charge in [-0.15, -0.1) is 0 Å². The third kappa shape index (κ3) is 1.19. The van der Waals surface area contributed by atoms with E-state index in [4.69, 9.17) is 5.73 Å². The first-order valence-corrected chi connectivity index (χ1v) is 5.45. The molecule has 1 unspecified atom stereocenters. The molecule has 76 valence electrons. The summed E-state index contributed by atoms with van der Waals surface area (Å²) in [4.78, 5) is 0. The summed E-state index contributed by atoms with van der Waals surface area (Å²) in [5.41, 5.74) is 6.80. The van der Waals surface area contributed by atoms with Gasteiger partial charge in [-0.1, -0.05) is 35.8 Å². The van der Waals surface area contributed by atoms with E-state index < -0.39 is 0 Å². The minimum absolute atomic E-state index is 0.0777. The van der Waals surface area contributed by atoms with Crippen LogP contribution in [0.3, 0.4) is 0 Å². The minimum Gasteiger partial charge on any atom is -0.508 e. The van der Waals surface area contributed by atoms with Gasteiger partial charge in [0, 0.05) is 10.0 Å². The number of rotatable bonds is 1. The Bertz CT molecular complexity index is 369. The maximum absolute atomic E-state index is 9.79. The maximum Gasteiger partial charge on any atom is 0.121 e. The van der Waals surface area contributed by atoms with Crippen molar-refractivity contribution in [3.05, 3.63) is 28.2 Å². The van der Waals surface area contributed by atoms with Gasteiger partial charge < -0.3 is 10.8 Å². The summed E-state index contributed by atoms with van der Waals surface area (Å²) in [6.07, 6.45) is 0.913. The molecule has 1 saturated carbocycles. The second-order valence-electron chi connectivity index (χ2n) is 4.67. The van der Waals surface area contributed by atoms with Crippen LogP contribution in [0.25, 0.3) is 0 Å². The third-order valence-corrected chi connectivity index (χ3v) is 3.90. The second kappa shape index (κ2) is 2.74. The molecule has 2 rings (SSSR count). The molecule has 1 atom stereocenters. The van der Waals surface area contributed by atoms with Crippen LogP contribution in [-0.2, 0) is 5.54 Å². The summed E-state index contributed by atoms with van der Waals surface area (Å²) in [7, 11) is 0. The Kier molecular flexibility index (Phi) is 1.95. The standard InChI is InChI=1S/C11H14BrNO/c1-10(2)6-11(10,13)9-7(12)4-3-5-8(9)14/h3-5,14H,6,13H2,1-2H3. The highest BCUT2D eigenvalue weighted by Crippen LogP contribution is 2.63. The Labute approximate surface area is 92.3 Å². The van der Waals surface area contributed by atoms with Gasteiger partial charge in [0.1, 0.15) is 5.75 Å². The molecule has 0 bridgehead atoms. The average Bonchev–Trinajstić information content (AvgIpc) is 2.50. The van der Waals surface area contributed by atoms with Gasteiger partial charge >= 0.3 is 0 Å². The highest BCUT2D eigenvalue weighted by molar-refractivity contribution is 9.10. The molecule has 1 aliphatic carbocycles. The summed E-state index contributed by atoms with van der Waals surface area (Å²) in [6.45, 7) is 4.23. The number of hydrogen-bond acceptors (Lipinski definition) is 2. The molecule has 1 aliphatic rings. The number of halogens is 1. The van der Waals surface area contributed by atoms with Gasteiger partial charge in [-0.25, -0.2) is 0 Å². The molecule has 0 saturated heterocycles. The number of benzene rings is 1. The predicted octanol–water partition coefficient (Wildman–Crippen LogP) is 2.74. The van der Waals surface area contributed by atoms with Crippen LogP contribution in [0.15, 0.2) is 22.7 Å². The minimum atomic E-state index is -0.378. The summed E-state index contributed by atoms with van der Waals surface area (Å²) < 4.78 is 0.894. The summed E-state index contributed by atoms with van der Waals surface area (Å²) in [5.74, 6) is 0.285. The highest BCUT2D eigenvalue weighted by Gasteiger charge is 2.61. The molecule has 3 heteroatoms. The Morgan fingerprint density at radius 1 is 1.43 bits per heavy atom. The third-order valence-electron chi connectivity index (χ3n) is 3.24. The second-order valence-corrected chi connectivity index (χ2v) is 5.52. The normalized spacial score (nSPS) is 28.9. The Morgan fingerprint density at radius 2 is 2.00 bits per heavy atom. The van der Waals surface area contributed by atoms with E-state index in [-0.39, 0.29) is 16.7 Å². The Hall–Kier alpha value is -0.540. The van der Waals surface area contributed by atoms with Crippen molar-refractivity contribution in [1.82, 2.24) is 0 Å². The van der Waals surface area contributed by atoms with E-state index in [1.54, 1.807) is 6.07 Å². The lowest BCUT2D eigenvalue weighted by molar-refractivity contribution is 0.438. The first-order valence-electron chi connectivity index (χ1n) is 4.65. The summed E-state index contributed by atoms with van der Waals surface area (Å²) >= 11 is 3.43. The fourth-order valence-corrected chi connectivity index (χ4v) is 2.74. The van der Waals surface area contributed by atoms with E-state index in [1.165, 1.54) is 0 Å². The first kappa shape index (κ1) is 9.99. The zero-order valence-electron chi connectivity index (χ0n) is 8.34. The van der Waals surface area contributed by atoms with Crippen LogP contribution in [-0.4, -0.2) is 5.11 Å². The number of hydrogen-bond donors (Lipinski definition) is 2. The highest BCUT2D eigenvalue weighted by atomic mass is 79.9. The topological polar surface area (TPSA) is 46.2 Å². The van der Waals surface area contributed by atoms with E-state index in [0.717, 1.165) is 16.5 Å². The van der Waals surface area contributed by atoms with Crippen molar-refractivity contribution in [3.8, 4) is 5.75 Å². The Balaban J connectivity index is 2.54. The molecule has 2 nitrogen and oxygen atoms in total. The first-order chi connectivity index (χ1) is 6.38. The van der Waals surface area contributed by atoms with Gasteiger partial charge in [0.15, 0.2) is 0 Å². The van der Waals surface area contributed by atoms with Gasteiger partial charge in [-0.2, -0.15) is 0 Å². The molecular formula is C11H14BrNO. The van der Waals surface area contributed by atoms with E-state index in [2.05, 4.69) is 29.8 Å². The molecule has 0 heterocycles. The van der Waals surface area contributed by atoms with E-state index >= 15 is 0 Å². The summed E-state index contributed by atoms with van der Waals surface area (Å²) in [6, 6.07) is 5.41. The van der Waals surface area contributed by atoms with Gasteiger partial charge in [-0.3, -0.25) is 0 Å². The van der Waals surface area contributed by atoms with Crippen LogP contribution in [0.1, 0.15) is 25.8 Å². The molecule has 14 heavy (non-hydrogen) atoms. The average molecular weight is 256 g/mol. The zero-order chi connectivity index (χ0) is 10.6. The van der Waals surface area contributed by atoms with E-state index in [0.29, 0.717) is 0 Å². The van der Waals surface area contributed by atoms with Gasteiger partial charge in [0.25, 0.3) is 0 Å². The number of aromatic hydroxyl groups is 1. The fourth-order valence-electron chi connectivity index (χ4n) is 2.03. The van der Waals surface area contributed by atoms with E-state index in [9.17, 15) is 5.11 Å². The quantitative estimate of drug-likeness (QED) is 0.811. The molecule has 0 aliphatic heterocycles. The van der Waals surface area contributed by atoms with Gasteiger partial charge in [-0.05, 0) is 24.0 Å². The molecule has 1 fully saturated rings. The van der Waals surface area contributed by atoms with Crippen LogP contribution in [0.4, 0.5) is 0 Å². The lowest BCUT2D eigenvalue weighted by atomic mass is 9.96. The van der Waals surface area contributed by atoms with Crippen molar-refractivity contribution in [2.45, 2.75) is 25.8 Å². The molecule has 1 aromatic carbocycles. The van der Waals surface area contributed by atoms with Crippen LogP contribution in [0, 0.1) is 5.41 Å². The number of phenolic OH excluding ortho intramolecular Hbond substituents is 1.